The molecular weight excluding hydrogens is 285 g/mol. The van der Waals surface area contributed by atoms with Crippen molar-refractivity contribution in [2.24, 2.45) is 0 Å². The number of amides is 2. The molecule has 5 nitrogen and oxygen atoms in total. The predicted molar refractivity (Wildman–Crippen MR) is 83.6 cm³/mol. The van der Waals surface area contributed by atoms with Crippen LogP contribution in [0.25, 0.3) is 0 Å². The van der Waals surface area contributed by atoms with Crippen LogP contribution in [-0.2, 0) is 16.1 Å². The minimum absolute atomic E-state index is 0.0820. The number of benzene rings is 1. The van der Waals surface area contributed by atoms with E-state index >= 15 is 0 Å². The molecule has 0 unspecified atom stereocenters. The number of hydrogen-bond acceptors (Lipinski definition) is 3. The van der Waals surface area contributed by atoms with Gasteiger partial charge in [-0.25, -0.2) is 4.39 Å². The Morgan fingerprint density at radius 3 is 2.27 bits per heavy atom. The Morgan fingerprint density at radius 1 is 1.14 bits per heavy atom. The Balaban J connectivity index is 2.38. The van der Waals surface area contributed by atoms with E-state index < -0.39 is 0 Å². The number of likely N-dealkylation sites (N-methyl/N-ethyl adjacent to an activating group) is 1. The summed E-state index contributed by atoms with van der Waals surface area (Å²) in [6.45, 7) is 6.98. The lowest BCUT2D eigenvalue weighted by atomic mass is 10.2. The molecule has 22 heavy (non-hydrogen) atoms. The number of hydrogen-bond donors (Lipinski definition) is 2. The standard InChI is InChI=1S/C16H24FN3O2/c1-4-20(11-16(22)19-12(2)3)10-15(21)18-9-13-5-7-14(17)8-6-13/h5-8,12H,4,9-11H2,1-3H3,(H,18,21)(H,19,22). The summed E-state index contributed by atoms with van der Waals surface area (Å²) in [5.41, 5.74) is 0.829. The zero-order chi connectivity index (χ0) is 16.5. The lowest BCUT2D eigenvalue weighted by Crippen LogP contribution is -2.44. The van der Waals surface area contributed by atoms with Crippen molar-refractivity contribution in [1.29, 1.82) is 0 Å². The largest absolute Gasteiger partial charge is 0.353 e. The molecule has 122 valence electrons. The van der Waals surface area contributed by atoms with Crippen molar-refractivity contribution in [3.05, 3.63) is 35.6 Å². The monoisotopic (exact) mass is 309 g/mol. The van der Waals surface area contributed by atoms with Crippen LogP contribution >= 0.6 is 0 Å². The van der Waals surface area contributed by atoms with E-state index in [1.807, 2.05) is 20.8 Å². The van der Waals surface area contributed by atoms with Gasteiger partial charge in [-0.2, -0.15) is 0 Å². The molecule has 0 fully saturated rings. The van der Waals surface area contributed by atoms with Crippen LogP contribution in [0.3, 0.4) is 0 Å². The summed E-state index contributed by atoms with van der Waals surface area (Å²) in [6.07, 6.45) is 0. The molecule has 0 aliphatic heterocycles. The number of carbonyl (C=O) groups excluding carboxylic acids is 2. The third-order valence-electron chi connectivity index (χ3n) is 3.03. The molecule has 0 aliphatic carbocycles. The van der Waals surface area contributed by atoms with Crippen molar-refractivity contribution in [3.63, 3.8) is 0 Å². The Morgan fingerprint density at radius 2 is 1.73 bits per heavy atom. The average molecular weight is 309 g/mol. The number of nitrogens with zero attached hydrogens (tertiary/aromatic N) is 1. The molecule has 0 heterocycles. The molecule has 0 bridgehead atoms. The predicted octanol–water partition coefficient (Wildman–Crippen LogP) is 1.29. The van der Waals surface area contributed by atoms with Gasteiger partial charge in [-0.3, -0.25) is 14.5 Å². The van der Waals surface area contributed by atoms with Crippen molar-refractivity contribution in [2.45, 2.75) is 33.4 Å². The summed E-state index contributed by atoms with van der Waals surface area (Å²) in [5.74, 6) is -0.560. The topological polar surface area (TPSA) is 61.4 Å². The smallest absolute Gasteiger partial charge is 0.234 e. The molecule has 6 heteroatoms. The fraction of sp³-hybridized carbons (Fsp3) is 0.500. The van der Waals surface area contributed by atoms with Gasteiger partial charge in [-0.15, -0.1) is 0 Å². The number of carbonyl (C=O) groups is 2. The molecule has 1 aromatic rings. The Labute approximate surface area is 130 Å². The normalized spacial score (nSPS) is 10.8. The lowest BCUT2D eigenvalue weighted by Gasteiger charge is -2.20. The summed E-state index contributed by atoms with van der Waals surface area (Å²) >= 11 is 0. The molecule has 1 rings (SSSR count). The van der Waals surface area contributed by atoms with Gasteiger partial charge < -0.3 is 10.6 Å². The van der Waals surface area contributed by atoms with E-state index in [9.17, 15) is 14.0 Å². The number of rotatable bonds is 8. The van der Waals surface area contributed by atoms with Gasteiger partial charge in [-0.1, -0.05) is 19.1 Å². The van der Waals surface area contributed by atoms with Gasteiger partial charge in [0, 0.05) is 12.6 Å². The van der Waals surface area contributed by atoms with Crippen LogP contribution in [0.1, 0.15) is 26.3 Å². The van der Waals surface area contributed by atoms with E-state index in [1.165, 1.54) is 12.1 Å². The Kier molecular flexibility index (Phi) is 7.52. The van der Waals surface area contributed by atoms with Gasteiger partial charge in [0.25, 0.3) is 0 Å². The third kappa shape index (κ3) is 7.17. The lowest BCUT2D eigenvalue weighted by molar-refractivity contribution is -0.125. The maximum atomic E-state index is 12.8. The van der Waals surface area contributed by atoms with E-state index in [0.717, 1.165) is 5.56 Å². The van der Waals surface area contributed by atoms with Gasteiger partial charge in [0.05, 0.1) is 13.1 Å². The molecular formula is C16H24FN3O2. The van der Waals surface area contributed by atoms with Crippen LogP contribution in [-0.4, -0.2) is 42.4 Å². The number of nitrogens with one attached hydrogen (secondary N) is 2. The van der Waals surface area contributed by atoms with Crippen LogP contribution in [0.4, 0.5) is 4.39 Å². The van der Waals surface area contributed by atoms with Gasteiger partial charge in [-0.05, 0) is 38.1 Å². The maximum absolute atomic E-state index is 12.8. The molecule has 2 amide bonds. The molecule has 0 spiro atoms. The van der Waals surface area contributed by atoms with Gasteiger partial charge in [0.1, 0.15) is 5.82 Å². The highest BCUT2D eigenvalue weighted by Gasteiger charge is 2.13. The van der Waals surface area contributed by atoms with Crippen LogP contribution in [0.5, 0.6) is 0 Å². The molecule has 0 saturated carbocycles. The molecule has 0 radical (unpaired) electrons. The van der Waals surface area contributed by atoms with Crippen molar-refractivity contribution in [2.75, 3.05) is 19.6 Å². The van der Waals surface area contributed by atoms with Crippen LogP contribution in [0.15, 0.2) is 24.3 Å². The van der Waals surface area contributed by atoms with Crippen LogP contribution < -0.4 is 10.6 Å². The summed E-state index contributed by atoms with van der Waals surface area (Å²) in [7, 11) is 0. The quantitative estimate of drug-likeness (QED) is 0.761. The maximum Gasteiger partial charge on any atom is 0.234 e. The van der Waals surface area contributed by atoms with Gasteiger partial charge >= 0.3 is 0 Å². The first-order chi connectivity index (χ1) is 10.4. The molecule has 2 N–H and O–H groups in total. The van der Waals surface area contributed by atoms with E-state index in [0.29, 0.717) is 13.1 Å². The minimum Gasteiger partial charge on any atom is -0.353 e. The molecule has 0 saturated heterocycles. The summed E-state index contributed by atoms with van der Waals surface area (Å²) in [5, 5.41) is 5.56. The second-order valence-corrected chi connectivity index (χ2v) is 5.43. The Bertz CT molecular complexity index is 489. The number of halogens is 1. The fourth-order valence-corrected chi connectivity index (χ4v) is 1.91. The summed E-state index contributed by atoms with van der Waals surface area (Å²) in [4.78, 5) is 25.4. The average Bonchev–Trinajstić information content (AvgIpc) is 2.45. The van der Waals surface area contributed by atoms with E-state index in [4.69, 9.17) is 0 Å². The first kappa shape index (κ1) is 18.1. The first-order valence-corrected chi connectivity index (χ1v) is 7.43. The van der Waals surface area contributed by atoms with E-state index in [2.05, 4.69) is 10.6 Å². The van der Waals surface area contributed by atoms with Crippen LogP contribution in [0, 0.1) is 5.82 Å². The van der Waals surface area contributed by atoms with Crippen LogP contribution in [0.2, 0.25) is 0 Å². The van der Waals surface area contributed by atoms with Gasteiger partial charge in [0.15, 0.2) is 0 Å². The second-order valence-electron chi connectivity index (χ2n) is 5.43. The second kappa shape index (κ2) is 9.15. The highest BCUT2D eigenvalue weighted by Crippen LogP contribution is 2.02. The zero-order valence-corrected chi connectivity index (χ0v) is 13.4. The molecule has 0 atom stereocenters. The van der Waals surface area contributed by atoms with Crippen molar-refractivity contribution >= 4 is 11.8 Å². The summed E-state index contributed by atoms with van der Waals surface area (Å²) < 4.78 is 12.8. The van der Waals surface area contributed by atoms with Crippen molar-refractivity contribution < 1.29 is 14.0 Å². The minimum atomic E-state index is -0.302. The van der Waals surface area contributed by atoms with Crippen molar-refractivity contribution in [3.8, 4) is 0 Å². The molecule has 0 aromatic heterocycles. The summed E-state index contributed by atoms with van der Waals surface area (Å²) in [6, 6.07) is 6.05. The third-order valence-corrected chi connectivity index (χ3v) is 3.03. The first-order valence-electron chi connectivity index (χ1n) is 7.43. The van der Waals surface area contributed by atoms with E-state index in [1.54, 1.807) is 17.0 Å². The highest BCUT2D eigenvalue weighted by molar-refractivity contribution is 5.81. The highest BCUT2D eigenvalue weighted by atomic mass is 19.1. The van der Waals surface area contributed by atoms with E-state index in [-0.39, 0.29) is 36.8 Å². The van der Waals surface area contributed by atoms with Crippen molar-refractivity contribution in [1.82, 2.24) is 15.5 Å². The SMILES string of the molecule is CCN(CC(=O)NCc1ccc(F)cc1)CC(=O)NC(C)C. The fourth-order valence-electron chi connectivity index (χ4n) is 1.91. The zero-order valence-electron chi connectivity index (χ0n) is 13.4. The van der Waals surface area contributed by atoms with Gasteiger partial charge in [0.2, 0.25) is 11.8 Å². The molecule has 1 aromatic carbocycles. The Hall–Kier alpha value is -1.95. The molecule has 0 aliphatic rings.